The molecule has 0 aromatic heterocycles. The van der Waals surface area contributed by atoms with Crippen LogP contribution in [0.5, 0.6) is 11.5 Å². The molecule has 1 aromatic carbocycles. The van der Waals surface area contributed by atoms with Crippen molar-refractivity contribution in [1.82, 2.24) is 5.32 Å². The lowest BCUT2D eigenvalue weighted by Crippen LogP contribution is -2.45. The smallest absolute Gasteiger partial charge is 0.294 e. The summed E-state index contributed by atoms with van der Waals surface area (Å²) < 4.78 is 10.5. The van der Waals surface area contributed by atoms with Crippen molar-refractivity contribution >= 4 is 5.91 Å². The summed E-state index contributed by atoms with van der Waals surface area (Å²) in [6.45, 7) is 1.85. The van der Waals surface area contributed by atoms with Gasteiger partial charge in [0.15, 0.2) is 11.5 Å². The van der Waals surface area contributed by atoms with Crippen molar-refractivity contribution < 1.29 is 24.2 Å². The molecule has 2 atom stereocenters. The maximum Gasteiger partial charge on any atom is 0.294 e. The van der Waals surface area contributed by atoms with Crippen molar-refractivity contribution in [3.63, 3.8) is 0 Å². The second kappa shape index (κ2) is 7.63. The minimum Gasteiger partial charge on any atom is -0.454 e. The predicted molar refractivity (Wildman–Crippen MR) is 79.4 cm³/mol. The molecule has 0 radical (unpaired) electrons. The van der Waals surface area contributed by atoms with Crippen LogP contribution in [0.3, 0.4) is 0 Å². The zero-order valence-electron chi connectivity index (χ0n) is 12.7. The van der Waals surface area contributed by atoms with E-state index >= 15 is 0 Å². The third-order valence-electron chi connectivity index (χ3n) is 3.33. The normalized spacial score (nSPS) is 14.9. The summed E-state index contributed by atoms with van der Waals surface area (Å²) >= 11 is 0. The van der Waals surface area contributed by atoms with Gasteiger partial charge < -0.3 is 25.4 Å². The molecule has 1 aliphatic heterocycles. The molecule has 0 spiro atoms. The van der Waals surface area contributed by atoms with Gasteiger partial charge in [-0.05, 0) is 37.5 Å². The van der Waals surface area contributed by atoms with Crippen LogP contribution in [0.25, 0.3) is 0 Å². The van der Waals surface area contributed by atoms with Crippen LogP contribution in [0.1, 0.15) is 18.9 Å². The third-order valence-corrected chi connectivity index (χ3v) is 3.33. The number of nitrogens with zero attached hydrogens (tertiary/aromatic N) is 1. The van der Waals surface area contributed by atoms with Crippen LogP contribution < -0.4 is 20.5 Å². The monoisotopic (exact) mass is 325 g/mol. The van der Waals surface area contributed by atoms with E-state index < -0.39 is 11.1 Å². The molecule has 1 heterocycles. The Bertz CT molecular complexity index is 580. The van der Waals surface area contributed by atoms with E-state index in [4.69, 9.17) is 15.2 Å². The van der Waals surface area contributed by atoms with Gasteiger partial charge in [-0.2, -0.15) is 0 Å². The first-order chi connectivity index (χ1) is 11.0. The first kappa shape index (κ1) is 16.8. The highest BCUT2D eigenvalue weighted by atomic mass is 16.9. The average molecular weight is 325 g/mol. The molecule has 0 bridgehead atoms. The first-order valence-electron chi connectivity index (χ1n) is 7.17. The van der Waals surface area contributed by atoms with Gasteiger partial charge in [-0.15, -0.1) is 10.1 Å². The van der Waals surface area contributed by atoms with E-state index in [2.05, 4.69) is 10.2 Å². The number of nitrogens with two attached hydrogens (primary N) is 1. The fraction of sp³-hybridized carbons (Fsp3) is 0.500. The number of fused-ring (bicyclic) bond motifs is 1. The molecule has 0 saturated carbocycles. The van der Waals surface area contributed by atoms with E-state index in [0.29, 0.717) is 17.9 Å². The van der Waals surface area contributed by atoms with Gasteiger partial charge in [-0.25, -0.2) is 0 Å². The molecular formula is C14H19N3O6. The number of carbonyl (C=O) groups is 1. The number of carbonyl (C=O) groups excluding carboxylic acids is 1. The quantitative estimate of drug-likeness (QED) is 0.523. The maximum atomic E-state index is 11.9. The molecule has 9 nitrogen and oxygen atoms in total. The molecular weight excluding hydrogens is 306 g/mol. The molecule has 1 unspecified atom stereocenters. The summed E-state index contributed by atoms with van der Waals surface area (Å²) in [6, 6.07) is 4.60. The summed E-state index contributed by atoms with van der Waals surface area (Å²) in [6.07, 6.45) is 0.671. The molecule has 0 aliphatic carbocycles. The summed E-state index contributed by atoms with van der Waals surface area (Å²) in [5.41, 5.74) is 6.66. The van der Waals surface area contributed by atoms with Crippen LogP contribution in [0.4, 0.5) is 0 Å². The number of ether oxygens (including phenoxy) is 2. The molecule has 2 rings (SSSR count). The van der Waals surface area contributed by atoms with Crippen molar-refractivity contribution in [2.24, 2.45) is 5.73 Å². The van der Waals surface area contributed by atoms with Gasteiger partial charge in [0, 0.05) is 6.04 Å². The SMILES string of the molecule is C[C@@H](Cc1ccc2c(c1)OCO2)NC(=O)C(N)CCO[N+](=O)[O-]. The second-order valence-electron chi connectivity index (χ2n) is 5.25. The summed E-state index contributed by atoms with van der Waals surface area (Å²) in [5, 5.41) is 11.9. The Labute approximate surface area is 132 Å². The molecule has 126 valence electrons. The van der Waals surface area contributed by atoms with Gasteiger partial charge in [0.05, 0.1) is 12.6 Å². The van der Waals surface area contributed by atoms with Crippen molar-refractivity contribution in [3.8, 4) is 11.5 Å². The lowest BCUT2D eigenvalue weighted by Gasteiger charge is -2.17. The number of nitrogens with one attached hydrogen (secondary N) is 1. The van der Waals surface area contributed by atoms with Gasteiger partial charge in [0.25, 0.3) is 5.09 Å². The van der Waals surface area contributed by atoms with Crippen LogP contribution >= 0.6 is 0 Å². The molecule has 1 aromatic rings. The Kier molecular flexibility index (Phi) is 5.58. The van der Waals surface area contributed by atoms with Crippen molar-refractivity contribution in [2.45, 2.75) is 31.8 Å². The Morgan fingerprint density at radius 2 is 2.22 bits per heavy atom. The number of amides is 1. The fourth-order valence-electron chi connectivity index (χ4n) is 2.21. The zero-order valence-corrected chi connectivity index (χ0v) is 12.7. The summed E-state index contributed by atoms with van der Waals surface area (Å²) in [4.78, 5) is 26.1. The third kappa shape index (κ3) is 4.99. The molecule has 23 heavy (non-hydrogen) atoms. The van der Waals surface area contributed by atoms with E-state index in [9.17, 15) is 14.9 Å². The predicted octanol–water partition coefficient (Wildman–Crippen LogP) is 0.388. The van der Waals surface area contributed by atoms with E-state index in [-0.39, 0.29) is 31.8 Å². The minimum absolute atomic E-state index is 0.0730. The van der Waals surface area contributed by atoms with E-state index in [1.807, 2.05) is 25.1 Å². The van der Waals surface area contributed by atoms with Crippen molar-refractivity contribution in [2.75, 3.05) is 13.4 Å². The standard InChI is InChI=1S/C14H19N3O6/c1-9(16-14(18)11(15)4-5-23-17(19)20)6-10-2-3-12-13(7-10)22-8-21-12/h2-3,7,9,11H,4-6,8,15H2,1H3,(H,16,18)/t9-,11?/m0/s1. The largest absolute Gasteiger partial charge is 0.454 e. The lowest BCUT2D eigenvalue weighted by atomic mass is 10.1. The summed E-state index contributed by atoms with van der Waals surface area (Å²) in [5.74, 6) is 1.03. The molecule has 1 amide bonds. The van der Waals surface area contributed by atoms with Crippen LogP contribution in [0.2, 0.25) is 0 Å². The number of rotatable bonds is 8. The van der Waals surface area contributed by atoms with Gasteiger partial charge in [-0.3, -0.25) is 4.79 Å². The maximum absolute atomic E-state index is 11.9. The molecule has 3 N–H and O–H groups in total. The van der Waals surface area contributed by atoms with E-state index in [0.717, 1.165) is 5.56 Å². The minimum atomic E-state index is -0.910. The summed E-state index contributed by atoms with van der Waals surface area (Å²) in [7, 11) is 0. The first-order valence-corrected chi connectivity index (χ1v) is 7.17. The average Bonchev–Trinajstić information content (AvgIpc) is 2.94. The van der Waals surface area contributed by atoms with Gasteiger partial charge in [0.1, 0.15) is 0 Å². The van der Waals surface area contributed by atoms with Crippen molar-refractivity contribution in [3.05, 3.63) is 33.9 Å². The number of hydrogen-bond donors (Lipinski definition) is 2. The Morgan fingerprint density at radius 1 is 1.48 bits per heavy atom. The lowest BCUT2D eigenvalue weighted by molar-refractivity contribution is -0.757. The van der Waals surface area contributed by atoms with Crippen LogP contribution in [-0.4, -0.2) is 36.5 Å². The molecule has 0 saturated heterocycles. The Morgan fingerprint density at radius 3 is 2.96 bits per heavy atom. The van der Waals surface area contributed by atoms with Gasteiger partial charge in [0.2, 0.25) is 12.7 Å². The molecule has 0 fully saturated rings. The van der Waals surface area contributed by atoms with E-state index in [1.165, 1.54) is 0 Å². The second-order valence-corrected chi connectivity index (χ2v) is 5.25. The molecule has 9 heteroatoms. The Balaban J connectivity index is 1.78. The highest BCUT2D eigenvalue weighted by molar-refractivity contribution is 5.81. The molecule has 1 aliphatic rings. The van der Waals surface area contributed by atoms with Crippen LogP contribution in [-0.2, 0) is 16.1 Å². The van der Waals surface area contributed by atoms with Gasteiger partial charge >= 0.3 is 0 Å². The zero-order chi connectivity index (χ0) is 16.8. The van der Waals surface area contributed by atoms with Crippen LogP contribution in [0, 0.1) is 10.1 Å². The highest BCUT2D eigenvalue weighted by Crippen LogP contribution is 2.32. The van der Waals surface area contributed by atoms with Crippen LogP contribution in [0.15, 0.2) is 18.2 Å². The van der Waals surface area contributed by atoms with Gasteiger partial charge in [-0.1, -0.05) is 6.07 Å². The fourth-order valence-corrected chi connectivity index (χ4v) is 2.21. The number of hydrogen-bond acceptors (Lipinski definition) is 7. The number of benzene rings is 1. The van der Waals surface area contributed by atoms with Crippen molar-refractivity contribution in [1.29, 1.82) is 0 Å². The topological polar surface area (TPSA) is 126 Å². The van der Waals surface area contributed by atoms with E-state index in [1.54, 1.807) is 0 Å². The Hall–Kier alpha value is -2.55. The highest BCUT2D eigenvalue weighted by Gasteiger charge is 2.18.